The first-order chi connectivity index (χ1) is 9.96. The number of hydrogen-bond acceptors (Lipinski definition) is 5. The molecule has 0 saturated heterocycles. The second-order valence-electron chi connectivity index (χ2n) is 4.70. The number of nitrogens with two attached hydrogens (primary N) is 1. The lowest BCUT2D eigenvalue weighted by Gasteiger charge is -2.05. The molecule has 2 rings (SSSR count). The molecule has 0 radical (unpaired) electrons. The van der Waals surface area contributed by atoms with Crippen molar-refractivity contribution in [1.82, 2.24) is 19.6 Å². The van der Waals surface area contributed by atoms with E-state index in [2.05, 4.69) is 14.9 Å². The first-order valence-electron chi connectivity index (χ1n) is 6.74. The summed E-state index contributed by atoms with van der Waals surface area (Å²) in [4.78, 5) is 0.130. The summed E-state index contributed by atoms with van der Waals surface area (Å²) in [6, 6.07) is 0. The quantitative estimate of drug-likeness (QED) is 0.766. The number of nitrogens with zero attached hydrogens (tertiary/aromatic N) is 4. The highest BCUT2D eigenvalue weighted by atomic mass is 32.2. The van der Waals surface area contributed by atoms with Crippen LogP contribution in [-0.2, 0) is 30.0 Å². The summed E-state index contributed by atoms with van der Waals surface area (Å²) >= 11 is 0. The second-order valence-corrected chi connectivity index (χ2v) is 6.39. The molecule has 0 saturated carbocycles. The van der Waals surface area contributed by atoms with Gasteiger partial charge < -0.3 is 5.73 Å². The van der Waals surface area contributed by atoms with E-state index in [4.69, 9.17) is 5.73 Å². The zero-order valence-corrected chi connectivity index (χ0v) is 13.0. The van der Waals surface area contributed by atoms with Crippen molar-refractivity contribution >= 4 is 15.7 Å². The Morgan fingerprint density at radius 3 is 2.81 bits per heavy atom. The summed E-state index contributed by atoms with van der Waals surface area (Å²) in [5.74, 6) is 0. The monoisotopic (exact) mass is 312 g/mol. The largest absolute Gasteiger partial charge is 0.330 e. The molecule has 0 spiro atoms. The number of nitrogens with one attached hydrogen (secondary N) is 1. The molecule has 2 heterocycles. The molecule has 0 bridgehead atoms. The Hall–Kier alpha value is -1.87. The van der Waals surface area contributed by atoms with Gasteiger partial charge in [0.2, 0.25) is 0 Å². The fraction of sp³-hybridized carbons (Fsp3) is 0.500. The van der Waals surface area contributed by atoms with Crippen molar-refractivity contribution in [3.63, 3.8) is 0 Å². The van der Waals surface area contributed by atoms with Crippen molar-refractivity contribution in [2.45, 2.75) is 31.2 Å². The van der Waals surface area contributed by atoms with Crippen molar-refractivity contribution in [2.24, 2.45) is 12.8 Å². The van der Waals surface area contributed by atoms with E-state index in [1.54, 1.807) is 22.6 Å². The molecule has 116 valence electrons. The molecule has 0 atom stereocenters. The molecule has 8 nitrogen and oxygen atoms in total. The van der Waals surface area contributed by atoms with Gasteiger partial charge in [-0.2, -0.15) is 10.2 Å². The van der Waals surface area contributed by atoms with Crippen LogP contribution in [0, 0.1) is 0 Å². The van der Waals surface area contributed by atoms with Crippen LogP contribution in [0.2, 0.25) is 0 Å². The lowest BCUT2D eigenvalue weighted by atomic mass is 10.3. The standard InChI is InChI=1S/C12H20N6O2S/c1-3-11-12(9-17(2)15-11)16-21(19,20)10-7-14-18(8-10)6-4-5-13/h7-9,16H,3-6,13H2,1-2H3. The highest BCUT2D eigenvalue weighted by molar-refractivity contribution is 7.92. The maximum atomic E-state index is 12.3. The van der Waals surface area contributed by atoms with Crippen molar-refractivity contribution in [1.29, 1.82) is 0 Å². The van der Waals surface area contributed by atoms with Crippen LogP contribution in [-0.4, -0.2) is 34.5 Å². The summed E-state index contributed by atoms with van der Waals surface area (Å²) in [6.07, 6.45) is 5.88. The van der Waals surface area contributed by atoms with Gasteiger partial charge in [-0.3, -0.25) is 14.1 Å². The zero-order chi connectivity index (χ0) is 15.5. The zero-order valence-electron chi connectivity index (χ0n) is 12.2. The summed E-state index contributed by atoms with van der Waals surface area (Å²) < 4.78 is 30.4. The topological polar surface area (TPSA) is 108 Å². The van der Waals surface area contributed by atoms with Gasteiger partial charge in [0, 0.05) is 26.0 Å². The number of hydrogen-bond donors (Lipinski definition) is 2. The smallest absolute Gasteiger partial charge is 0.265 e. The number of aryl methyl sites for hydroxylation is 3. The van der Waals surface area contributed by atoms with Gasteiger partial charge in [-0.25, -0.2) is 8.42 Å². The van der Waals surface area contributed by atoms with Crippen molar-refractivity contribution in [3.05, 3.63) is 24.3 Å². The Morgan fingerprint density at radius 2 is 2.14 bits per heavy atom. The van der Waals surface area contributed by atoms with Crippen LogP contribution >= 0.6 is 0 Å². The first-order valence-corrected chi connectivity index (χ1v) is 8.22. The van der Waals surface area contributed by atoms with E-state index in [1.807, 2.05) is 6.92 Å². The fourth-order valence-electron chi connectivity index (χ4n) is 1.94. The van der Waals surface area contributed by atoms with Crippen LogP contribution < -0.4 is 10.5 Å². The van der Waals surface area contributed by atoms with E-state index in [0.717, 1.165) is 6.42 Å². The van der Waals surface area contributed by atoms with Gasteiger partial charge in [-0.15, -0.1) is 0 Å². The Morgan fingerprint density at radius 1 is 1.38 bits per heavy atom. The molecular formula is C12H20N6O2S. The molecule has 2 aromatic rings. The molecule has 3 N–H and O–H groups in total. The third kappa shape index (κ3) is 3.61. The van der Waals surface area contributed by atoms with Crippen LogP contribution in [0.5, 0.6) is 0 Å². The number of rotatable bonds is 7. The van der Waals surface area contributed by atoms with E-state index in [0.29, 0.717) is 30.9 Å². The predicted octanol–water partition coefficient (Wildman–Crippen LogP) is 0.329. The second kappa shape index (κ2) is 6.27. The van der Waals surface area contributed by atoms with Crippen molar-refractivity contribution in [2.75, 3.05) is 11.3 Å². The van der Waals surface area contributed by atoms with E-state index < -0.39 is 10.0 Å². The van der Waals surface area contributed by atoms with Gasteiger partial charge in [0.05, 0.1) is 17.6 Å². The summed E-state index contributed by atoms with van der Waals surface area (Å²) in [5, 5.41) is 8.24. The minimum absolute atomic E-state index is 0.130. The van der Waals surface area contributed by atoms with Crippen LogP contribution in [0.15, 0.2) is 23.5 Å². The van der Waals surface area contributed by atoms with Gasteiger partial charge in [0.15, 0.2) is 0 Å². The molecule has 0 amide bonds. The number of anilines is 1. The Bertz CT molecular complexity index is 703. The van der Waals surface area contributed by atoms with Crippen LogP contribution in [0.25, 0.3) is 0 Å². The number of sulfonamides is 1. The molecule has 0 aromatic carbocycles. The van der Waals surface area contributed by atoms with Gasteiger partial charge >= 0.3 is 0 Å². The minimum Gasteiger partial charge on any atom is -0.330 e. The van der Waals surface area contributed by atoms with E-state index in [9.17, 15) is 8.42 Å². The number of aromatic nitrogens is 4. The molecule has 0 aliphatic heterocycles. The molecular weight excluding hydrogens is 292 g/mol. The lowest BCUT2D eigenvalue weighted by molar-refractivity contribution is 0.582. The Labute approximate surface area is 124 Å². The predicted molar refractivity (Wildman–Crippen MR) is 79.3 cm³/mol. The summed E-state index contributed by atoms with van der Waals surface area (Å²) in [5.41, 5.74) is 6.62. The average Bonchev–Trinajstić information content (AvgIpc) is 3.03. The van der Waals surface area contributed by atoms with Crippen LogP contribution in [0.3, 0.4) is 0 Å². The van der Waals surface area contributed by atoms with Gasteiger partial charge in [-0.05, 0) is 19.4 Å². The Balaban J connectivity index is 2.19. The van der Waals surface area contributed by atoms with Crippen molar-refractivity contribution in [3.8, 4) is 0 Å². The molecule has 2 aromatic heterocycles. The maximum absolute atomic E-state index is 12.3. The maximum Gasteiger partial charge on any atom is 0.265 e. The highest BCUT2D eigenvalue weighted by Crippen LogP contribution is 2.19. The minimum atomic E-state index is -3.65. The van der Waals surface area contributed by atoms with Crippen LogP contribution in [0.1, 0.15) is 19.0 Å². The first kappa shape index (κ1) is 15.5. The fourth-order valence-corrected chi connectivity index (χ4v) is 2.97. The summed E-state index contributed by atoms with van der Waals surface area (Å²) in [6.45, 7) is 3.06. The molecule has 21 heavy (non-hydrogen) atoms. The SMILES string of the molecule is CCc1nn(C)cc1NS(=O)(=O)c1cnn(CCCN)c1. The Kier molecular flexibility index (Phi) is 4.63. The normalized spacial score (nSPS) is 11.8. The van der Waals surface area contributed by atoms with Crippen molar-refractivity contribution < 1.29 is 8.42 Å². The molecule has 0 fully saturated rings. The molecule has 0 aliphatic carbocycles. The van der Waals surface area contributed by atoms with E-state index in [-0.39, 0.29) is 4.90 Å². The summed E-state index contributed by atoms with van der Waals surface area (Å²) in [7, 11) is -1.90. The highest BCUT2D eigenvalue weighted by Gasteiger charge is 2.19. The molecule has 9 heteroatoms. The van der Waals surface area contributed by atoms with Gasteiger partial charge in [-0.1, -0.05) is 6.92 Å². The molecule has 0 unspecified atom stereocenters. The van der Waals surface area contributed by atoms with Crippen LogP contribution in [0.4, 0.5) is 5.69 Å². The molecule has 0 aliphatic rings. The van der Waals surface area contributed by atoms with E-state index in [1.165, 1.54) is 12.4 Å². The lowest BCUT2D eigenvalue weighted by Crippen LogP contribution is -2.13. The average molecular weight is 312 g/mol. The van der Waals surface area contributed by atoms with Gasteiger partial charge in [0.1, 0.15) is 4.90 Å². The van der Waals surface area contributed by atoms with Gasteiger partial charge in [0.25, 0.3) is 10.0 Å². The third-order valence-electron chi connectivity index (χ3n) is 3.00. The third-order valence-corrected chi connectivity index (χ3v) is 4.32. The van der Waals surface area contributed by atoms with E-state index >= 15 is 0 Å².